The summed E-state index contributed by atoms with van der Waals surface area (Å²) in [4.78, 5) is 11.6. The van der Waals surface area contributed by atoms with Crippen LogP contribution < -0.4 is 10.1 Å². The molecule has 4 heteroatoms. The van der Waals surface area contributed by atoms with Gasteiger partial charge in [0, 0.05) is 6.04 Å². The fraction of sp³-hybridized carbons (Fsp3) is 0.533. The summed E-state index contributed by atoms with van der Waals surface area (Å²) in [5, 5.41) is 3.12. The first kappa shape index (κ1) is 15.5. The van der Waals surface area contributed by atoms with Crippen molar-refractivity contribution >= 4 is 5.97 Å². The number of hydrogen-bond acceptors (Lipinski definition) is 4. The Hall–Kier alpha value is -1.55. The number of ether oxygens (including phenoxy) is 2. The van der Waals surface area contributed by atoms with Crippen LogP contribution in [0.1, 0.15) is 26.3 Å². The Morgan fingerprint density at radius 3 is 2.37 bits per heavy atom. The minimum Gasteiger partial charge on any atom is -0.491 e. The van der Waals surface area contributed by atoms with Gasteiger partial charge in [-0.1, -0.05) is 32.9 Å². The maximum absolute atomic E-state index is 11.6. The number of carbonyl (C=O) groups excluding carboxylic acids is 1. The average Bonchev–Trinajstić information content (AvgIpc) is 2.42. The molecule has 0 bridgehead atoms. The number of esters is 1. The molecule has 0 saturated heterocycles. The van der Waals surface area contributed by atoms with Gasteiger partial charge in [-0.15, -0.1) is 0 Å². The predicted molar refractivity (Wildman–Crippen MR) is 75.4 cm³/mol. The van der Waals surface area contributed by atoms with Crippen molar-refractivity contribution in [3.05, 3.63) is 29.8 Å². The van der Waals surface area contributed by atoms with Gasteiger partial charge < -0.3 is 9.47 Å². The van der Waals surface area contributed by atoms with Crippen LogP contribution in [-0.2, 0) is 16.0 Å². The monoisotopic (exact) mass is 265 g/mol. The van der Waals surface area contributed by atoms with Crippen LogP contribution in [-0.4, -0.2) is 31.8 Å². The molecule has 4 nitrogen and oxygen atoms in total. The van der Waals surface area contributed by atoms with Crippen LogP contribution in [0.4, 0.5) is 0 Å². The molecule has 0 spiro atoms. The summed E-state index contributed by atoms with van der Waals surface area (Å²) in [5.74, 6) is 0.454. The Kier molecular flexibility index (Phi) is 6.36. The molecule has 19 heavy (non-hydrogen) atoms. The van der Waals surface area contributed by atoms with Crippen molar-refractivity contribution in [2.24, 2.45) is 0 Å². The Balaban J connectivity index is 2.56. The molecule has 1 N–H and O–H groups in total. The van der Waals surface area contributed by atoms with Gasteiger partial charge in [0.15, 0.2) is 0 Å². The summed E-state index contributed by atoms with van der Waals surface area (Å²) in [7, 11) is 1.38. The molecule has 0 fully saturated rings. The van der Waals surface area contributed by atoms with Crippen molar-refractivity contribution in [2.75, 3.05) is 13.7 Å². The van der Waals surface area contributed by atoms with Crippen molar-refractivity contribution in [2.45, 2.75) is 39.3 Å². The highest BCUT2D eigenvalue weighted by Gasteiger charge is 2.20. The smallest absolute Gasteiger partial charge is 0.326 e. The highest BCUT2D eigenvalue weighted by molar-refractivity contribution is 5.75. The molecule has 0 radical (unpaired) electrons. The minimum atomic E-state index is -0.448. The van der Waals surface area contributed by atoms with Crippen molar-refractivity contribution in [1.29, 1.82) is 0 Å². The third-order valence-corrected chi connectivity index (χ3v) is 2.77. The van der Waals surface area contributed by atoms with E-state index in [1.807, 2.05) is 38.1 Å². The number of aryl methyl sites for hydroxylation is 1. The summed E-state index contributed by atoms with van der Waals surface area (Å²) in [5.41, 5.74) is 1.26. The average molecular weight is 265 g/mol. The Labute approximate surface area is 115 Å². The van der Waals surface area contributed by atoms with Gasteiger partial charge in [-0.25, -0.2) is 0 Å². The fourth-order valence-corrected chi connectivity index (χ4v) is 1.73. The van der Waals surface area contributed by atoms with Crippen molar-refractivity contribution in [3.8, 4) is 5.75 Å². The number of nitrogens with one attached hydrogen (secondary N) is 1. The third kappa shape index (κ3) is 5.30. The first-order chi connectivity index (χ1) is 9.06. The van der Waals surface area contributed by atoms with Gasteiger partial charge in [0.05, 0.1) is 7.11 Å². The second-order valence-corrected chi connectivity index (χ2v) is 4.71. The number of methoxy groups -OCH3 is 1. The van der Waals surface area contributed by atoms with Gasteiger partial charge in [-0.2, -0.15) is 0 Å². The Morgan fingerprint density at radius 1 is 1.26 bits per heavy atom. The van der Waals surface area contributed by atoms with Crippen LogP contribution in [0.2, 0.25) is 0 Å². The molecule has 1 unspecified atom stereocenters. The molecule has 1 atom stereocenters. The fourth-order valence-electron chi connectivity index (χ4n) is 1.73. The third-order valence-electron chi connectivity index (χ3n) is 2.77. The normalized spacial score (nSPS) is 12.3. The maximum Gasteiger partial charge on any atom is 0.326 e. The lowest BCUT2D eigenvalue weighted by Gasteiger charge is -2.19. The molecule has 0 aliphatic heterocycles. The van der Waals surface area contributed by atoms with Crippen molar-refractivity contribution in [1.82, 2.24) is 5.32 Å². The van der Waals surface area contributed by atoms with E-state index in [1.165, 1.54) is 12.7 Å². The van der Waals surface area contributed by atoms with E-state index in [-0.39, 0.29) is 18.6 Å². The van der Waals surface area contributed by atoms with E-state index in [0.29, 0.717) is 0 Å². The second-order valence-electron chi connectivity index (χ2n) is 4.71. The van der Waals surface area contributed by atoms with E-state index in [1.54, 1.807) is 0 Å². The van der Waals surface area contributed by atoms with E-state index in [9.17, 15) is 4.79 Å². The molecule has 1 aromatic carbocycles. The topological polar surface area (TPSA) is 47.6 Å². The van der Waals surface area contributed by atoms with Crippen LogP contribution in [0.5, 0.6) is 5.75 Å². The molecule has 106 valence electrons. The number of benzene rings is 1. The van der Waals surface area contributed by atoms with Gasteiger partial charge in [0.25, 0.3) is 0 Å². The van der Waals surface area contributed by atoms with E-state index in [2.05, 4.69) is 12.2 Å². The zero-order chi connectivity index (χ0) is 14.3. The molecule has 0 heterocycles. The first-order valence-corrected chi connectivity index (χ1v) is 6.62. The van der Waals surface area contributed by atoms with Gasteiger partial charge in [-0.05, 0) is 24.1 Å². The number of carbonyl (C=O) groups is 1. The summed E-state index contributed by atoms with van der Waals surface area (Å²) in [6.45, 7) is 6.32. The molecular weight excluding hydrogens is 242 g/mol. The van der Waals surface area contributed by atoms with Crippen molar-refractivity contribution < 1.29 is 14.3 Å². The summed E-state index contributed by atoms with van der Waals surface area (Å²) in [6.07, 6.45) is 1.000. The molecule has 1 rings (SSSR count). The van der Waals surface area contributed by atoms with Gasteiger partial charge in [0.2, 0.25) is 0 Å². The molecular formula is C15H23NO3. The molecule has 0 aliphatic rings. The van der Waals surface area contributed by atoms with Gasteiger partial charge in [-0.3, -0.25) is 10.1 Å². The van der Waals surface area contributed by atoms with Crippen LogP contribution in [0.15, 0.2) is 24.3 Å². The highest BCUT2D eigenvalue weighted by Crippen LogP contribution is 2.13. The summed E-state index contributed by atoms with van der Waals surface area (Å²) in [6, 6.07) is 7.63. The van der Waals surface area contributed by atoms with E-state index in [0.717, 1.165) is 12.2 Å². The summed E-state index contributed by atoms with van der Waals surface area (Å²) >= 11 is 0. The Bertz CT molecular complexity index is 387. The van der Waals surface area contributed by atoms with E-state index < -0.39 is 6.04 Å². The molecule has 1 aromatic rings. The van der Waals surface area contributed by atoms with Crippen LogP contribution >= 0.6 is 0 Å². The zero-order valence-electron chi connectivity index (χ0n) is 12.1. The minimum absolute atomic E-state index is 0.190. The van der Waals surface area contributed by atoms with Gasteiger partial charge in [0.1, 0.15) is 18.4 Å². The van der Waals surface area contributed by atoms with Gasteiger partial charge >= 0.3 is 5.97 Å². The largest absolute Gasteiger partial charge is 0.491 e. The van der Waals surface area contributed by atoms with E-state index in [4.69, 9.17) is 9.47 Å². The maximum atomic E-state index is 11.6. The highest BCUT2D eigenvalue weighted by atomic mass is 16.5. The first-order valence-electron chi connectivity index (χ1n) is 6.62. The summed E-state index contributed by atoms with van der Waals surface area (Å²) < 4.78 is 10.4. The zero-order valence-corrected chi connectivity index (χ0v) is 12.1. The predicted octanol–water partition coefficient (Wildman–Crippen LogP) is 2.17. The molecule has 0 saturated carbocycles. The Morgan fingerprint density at radius 2 is 1.89 bits per heavy atom. The number of hydrogen-bond donors (Lipinski definition) is 1. The lowest BCUT2D eigenvalue weighted by molar-refractivity contribution is -0.144. The molecule has 0 aliphatic carbocycles. The number of rotatable bonds is 7. The standard InChI is InChI=1S/C15H23NO3/c1-5-12-6-8-13(9-7-12)19-10-14(15(17)18-4)16-11(2)3/h6-9,11,14,16H,5,10H2,1-4H3. The lowest BCUT2D eigenvalue weighted by Crippen LogP contribution is -2.45. The second kappa shape index (κ2) is 7.79. The van der Waals surface area contributed by atoms with Crippen LogP contribution in [0.3, 0.4) is 0 Å². The SMILES string of the molecule is CCc1ccc(OCC(NC(C)C)C(=O)OC)cc1. The van der Waals surface area contributed by atoms with E-state index >= 15 is 0 Å². The van der Waals surface area contributed by atoms with Crippen molar-refractivity contribution in [3.63, 3.8) is 0 Å². The van der Waals surface area contributed by atoms with Crippen LogP contribution in [0.25, 0.3) is 0 Å². The molecule has 0 aromatic heterocycles. The molecule has 0 amide bonds. The quantitative estimate of drug-likeness (QED) is 0.768. The lowest BCUT2D eigenvalue weighted by atomic mass is 10.2. The van der Waals surface area contributed by atoms with Crippen LogP contribution in [0, 0.1) is 0 Å².